The summed E-state index contributed by atoms with van der Waals surface area (Å²) in [5.74, 6) is 0.584. The maximum Gasteiger partial charge on any atom is 0.255 e. The van der Waals surface area contributed by atoms with Gasteiger partial charge in [0.1, 0.15) is 11.8 Å². The van der Waals surface area contributed by atoms with Crippen LogP contribution in [0.3, 0.4) is 0 Å². The van der Waals surface area contributed by atoms with E-state index in [0.717, 1.165) is 39.0 Å². The average Bonchev–Trinajstić information content (AvgIpc) is 2.74. The lowest BCUT2D eigenvalue weighted by atomic mass is 9.68. The largest absolute Gasteiger partial charge is 0.339 e. The minimum atomic E-state index is 0.0237. The van der Waals surface area contributed by atoms with Gasteiger partial charge in [-0.05, 0) is 55.3 Å². The van der Waals surface area contributed by atoms with Gasteiger partial charge < -0.3 is 9.80 Å². The molecule has 1 spiro atoms. The molecular weight excluding hydrogens is 348 g/mol. The third kappa shape index (κ3) is 3.79. The molecule has 4 rings (SSSR count). The van der Waals surface area contributed by atoms with Crippen LogP contribution in [0.4, 0.5) is 0 Å². The number of carbonyl (C=O) groups excluding carboxylic acids is 1. The zero-order valence-corrected chi connectivity index (χ0v) is 16.3. The number of hydrogen-bond donors (Lipinski definition) is 0. The van der Waals surface area contributed by atoms with Crippen molar-refractivity contribution in [2.45, 2.75) is 25.2 Å². The van der Waals surface area contributed by atoms with E-state index in [2.05, 4.69) is 47.3 Å². The van der Waals surface area contributed by atoms with E-state index >= 15 is 0 Å². The molecule has 1 atom stereocenters. The van der Waals surface area contributed by atoms with Crippen molar-refractivity contribution in [1.29, 1.82) is 5.26 Å². The molecule has 0 radical (unpaired) electrons. The number of piperidine rings is 2. The summed E-state index contributed by atoms with van der Waals surface area (Å²) in [5.41, 5.74) is 2.62. The minimum Gasteiger partial charge on any atom is -0.339 e. The van der Waals surface area contributed by atoms with Gasteiger partial charge in [0.2, 0.25) is 0 Å². The molecule has 2 saturated heterocycles. The van der Waals surface area contributed by atoms with Crippen molar-refractivity contribution < 1.29 is 4.79 Å². The van der Waals surface area contributed by atoms with E-state index in [9.17, 15) is 4.79 Å². The fraction of sp³-hybridized carbons (Fsp3) is 0.435. The van der Waals surface area contributed by atoms with E-state index in [1.165, 1.54) is 18.2 Å². The average molecular weight is 374 g/mol. The number of hydrogen-bond acceptors (Lipinski definition) is 4. The summed E-state index contributed by atoms with van der Waals surface area (Å²) in [7, 11) is 2.22. The Morgan fingerprint density at radius 3 is 2.57 bits per heavy atom. The van der Waals surface area contributed by atoms with Gasteiger partial charge in [-0.25, -0.2) is 4.98 Å². The molecule has 0 bridgehead atoms. The first-order valence-corrected chi connectivity index (χ1v) is 9.97. The first-order chi connectivity index (χ1) is 13.6. The third-order valence-electron chi connectivity index (χ3n) is 6.32. The van der Waals surface area contributed by atoms with Gasteiger partial charge in [-0.1, -0.05) is 30.3 Å². The Kier molecular flexibility index (Phi) is 5.15. The molecule has 2 aliphatic heterocycles. The molecule has 5 nitrogen and oxygen atoms in total. The molecule has 144 valence electrons. The third-order valence-corrected chi connectivity index (χ3v) is 6.32. The lowest BCUT2D eigenvalue weighted by molar-refractivity contribution is 0.0224. The number of nitriles is 1. The molecule has 28 heavy (non-hydrogen) atoms. The molecule has 5 heteroatoms. The van der Waals surface area contributed by atoms with E-state index in [-0.39, 0.29) is 11.3 Å². The fourth-order valence-electron chi connectivity index (χ4n) is 4.93. The Hall–Kier alpha value is -2.71. The van der Waals surface area contributed by atoms with Crippen LogP contribution in [0.25, 0.3) is 0 Å². The molecule has 3 heterocycles. The second-order valence-corrected chi connectivity index (χ2v) is 8.34. The van der Waals surface area contributed by atoms with E-state index in [1.54, 1.807) is 12.1 Å². The Bertz CT molecular complexity index is 864. The molecule has 1 aromatic carbocycles. The summed E-state index contributed by atoms with van der Waals surface area (Å²) in [6.07, 6.45) is 4.79. The molecule has 1 amide bonds. The van der Waals surface area contributed by atoms with Crippen LogP contribution in [0.2, 0.25) is 0 Å². The molecule has 0 saturated carbocycles. The van der Waals surface area contributed by atoms with Crippen molar-refractivity contribution in [1.82, 2.24) is 14.8 Å². The number of likely N-dealkylation sites (tertiary alicyclic amines) is 2. The minimum absolute atomic E-state index is 0.0237. The van der Waals surface area contributed by atoms with Crippen LogP contribution in [0, 0.1) is 16.7 Å². The van der Waals surface area contributed by atoms with Crippen LogP contribution in [0.1, 0.15) is 46.8 Å². The summed E-state index contributed by atoms with van der Waals surface area (Å²) in [6.45, 7) is 3.78. The predicted octanol–water partition coefficient (Wildman–Crippen LogP) is 3.29. The van der Waals surface area contributed by atoms with Gasteiger partial charge in [-0.3, -0.25) is 4.79 Å². The van der Waals surface area contributed by atoms with E-state index in [1.807, 2.05) is 11.0 Å². The second-order valence-electron chi connectivity index (χ2n) is 8.34. The van der Waals surface area contributed by atoms with Gasteiger partial charge in [0.05, 0.1) is 5.56 Å². The SMILES string of the molecule is CN1CC(c2ccccc2)CC2(CCN(C(=O)c3ccc(C#N)nc3)CC2)C1. The lowest BCUT2D eigenvalue weighted by Crippen LogP contribution is -2.51. The summed E-state index contributed by atoms with van der Waals surface area (Å²) in [5, 5.41) is 8.87. The Balaban J connectivity index is 1.43. The molecule has 2 fully saturated rings. The van der Waals surface area contributed by atoms with Crippen LogP contribution in [0.5, 0.6) is 0 Å². The maximum atomic E-state index is 12.8. The number of nitrogens with zero attached hydrogens (tertiary/aromatic N) is 4. The number of pyridine rings is 1. The second kappa shape index (κ2) is 7.73. The van der Waals surface area contributed by atoms with Crippen LogP contribution in [-0.4, -0.2) is 53.9 Å². The highest BCUT2D eigenvalue weighted by molar-refractivity contribution is 5.94. The number of rotatable bonds is 2. The number of aromatic nitrogens is 1. The van der Waals surface area contributed by atoms with Crippen molar-refractivity contribution in [3.05, 3.63) is 65.5 Å². The van der Waals surface area contributed by atoms with Crippen molar-refractivity contribution in [3.63, 3.8) is 0 Å². The Morgan fingerprint density at radius 2 is 1.93 bits per heavy atom. The summed E-state index contributed by atoms with van der Waals surface area (Å²) >= 11 is 0. The normalized spacial score (nSPS) is 22.0. The van der Waals surface area contributed by atoms with Crippen molar-refractivity contribution >= 4 is 5.91 Å². The summed E-state index contributed by atoms with van der Waals surface area (Å²) < 4.78 is 0. The summed E-state index contributed by atoms with van der Waals surface area (Å²) in [6, 6.07) is 16.1. The van der Waals surface area contributed by atoms with E-state index in [4.69, 9.17) is 5.26 Å². The molecule has 1 aromatic heterocycles. The van der Waals surface area contributed by atoms with Gasteiger partial charge in [0.15, 0.2) is 0 Å². The first-order valence-electron chi connectivity index (χ1n) is 9.97. The Labute approximate surface area is 166 Å². The zero-order valence-electron chi connectivity index (χ0n) is 16.3. The molecule has 2 aliphatic rings. The van der Waals surface area contributed by atoms with Crippen molar-refractivity contribution in [2.75, 3.05) is 33.2 Å². The van der Waals surface area contributed by atoms with Gasteiger partial charge in [0, 0.05) is 32.4 Å². The Morgan fingerprint density at radius 1 is 1.18 bits per heavy atom. The molecule has 0 aliphatic carbocycles. The van der Waals surface area contributed by atoms with Crippen LogP contribution >= 0.6 is 0 Å². The number of carbonyl (C=O) groups is 1. The highest BCUT2D eigenvalue weighted by atomic mass is 16.2. The molecule has 2 aromatic rings. The van der Waals surface area contributed by atoms with Gasteiger partial charge >= 0.3 is 0 Å². The molecule has 1 unspecified atom stereocenters. The van der Waals surface area contributed by atoms with Gasteiger partial charge in [-0.2, -0.15) is 5.26 Å². The lowest BCUT2D eigenvalue weighted by Gasteiger charge is -2.49. The number of amides is 1. The van der Waals surface area contributed by atoms with Crippen LogP contribution < -0.4 is 0 Å². The topological polar surface area (TPSA) is 60.2 Å². The van der Waals surface area contributed by atoms with Crippen LogP contribution in [0.15, 0.2) is 48.7 Å². The fourth-order valence-corrected chi connectivity index (χ4v) is 4.93. The predicted molar refractivity (Wildman–Crippen MR) is 108 cm³/mol. The van der Waals surface area contributed by atoms with Gasteiger partial charge in [0.25, 0.3) is 5.91 Å². The number of benzene rings is 1. The molecular formula is C23H26N4O. The van der Waals surface area contributed by atoms with E-state index in [0.29, 0.717) is 17.2 Å². The quantitative estimate of drug-likeness (QED) is 0.809. The van der Waals surface area contributed by atoms with E-state index < -0.39 is 0 Å². The zero-order chi connectivity index (χ0) is 19.6. The standard InChI is InChI=1S/C23H26N4O/c1-26-16-20(18-5-3-2-4-6-18)13-23(17-26)9-11-27(12-10-23)22(28)19-7-8-21(14-24)25-15-19/h2-8,15,20H,9-13,16-17H2,1H3. The smallest absolute Gasteiger partial charge is 0.255 e. The molecule has 0 N–H and O–H groups in total. The number of likely N-dealkylation sites (N-methyl/N-ethyl adjacent to an activating group) is 1. The van der Waals surface area contributed by atoms with Crippen LogP contribution in [-0.2, 0) is 0 Å². The highest BCUT2D eigenvalue weighted by Crippen LogP contribution is 2.44. The highest BCUT2D eigenvalue weighted by Gasteiger charge is 2.42. The summed E-state index contributed by atoms with van der Waals surface area (Å²) in [4.78, 5) is 21.3. The van der Waals surface area contributed by atoms with Crippen molar-refractivity contribution in [2.24, 2.45) is 5.41 Å². The van der Waals surface area contributed by atoms with Gasteiger partial charge in [-0.15, -0.1) is 0 Å². The maximum absolute atomic E-state index is 12.8. The van der Waals surface area contributed by atoms with Crippen molar-refractivity contribution in [3.8, 4) is 6.07 Å². The monoisotopic (exact) mass is 374 g/mol. The first kappa shape index (κ1) is 18.6.